The third kappa shape index (κ3) is 5.81. The topological polar surface area (TPSA) is 66.9 Å². The highest BCUT2D eigenvalue weighted by atomic mass is 79.9. The largest absolute Gasteiger partial charge is 0.488 e. The van der Waals surface area contributed by atoms with E-state index in [9.17, 15) is 14.4 Å². The SMILES string of the molecule is Cc1cccc(COc2ccc(/C=C3\SC(=O)N(CC(=O)N4CCc5ccccc5C4)C3=O)cc2Br)c1. The number of ether oxygens (including phenoxy) is 1. The molecule has 0 N–H and O–H groups in total. The minimum Gasteiger partial charge on any atom is -0.488 e. The lowest BCUT2D eigenvalue weighted by atomic mass is 10.00. The fraction of sp³-hybridized carbons (Fsp3) is 0.207. The van der Waals surface area contributed by atoms with Gasteiger partial charge < -0.3 is 9.64 Å². The number of amides is 3. The van der Waals surface area contributed by atoms with E-state index in [4.69, 9.17) is 4.74 Å². The summed E-state index contributed by atoms with van der Waals surface area (Å²) in [5, 5.41) is -0.431. The van der Waals surface area contributed by atoms with Crippen LogP contribution in [0.3, 0.4) is 0 Å². The number of fused-ring (bicyclic) bond motifs is 1. The molecule has 3 aromatic rings. The number of aryl methyl sites for hydroxylation is 1. The lowest BCUT2D eigenvalue weighted by molar-refractivity contribution is -0.136. The molecular weight excluding hydrogens is 552 g/mol. The number of rotatable bonds is 6. The number of carbonyl (C=O) groups excluding carboxylic acids is 3. The lowest BCUT2D eigenvalue weighted by Gasteiger charge is -2.29. The third-order valence-electron chi connectivity index (χ3n) is 6.38. The highest BCUT2D eigenvalue weighted by molar-refractivity contribution is 9.10. The molecule has 2 aliphatic rings. The lowest BCUT2D eigenvalue weighted by Crippen LogP contribution is -2.44. The Morgan fingerprint density at radius 1 is 1.05 bits per heavy atom. The minimum absolute atomic E-state index is 0.226. The van der Waals surface area contributed by atoms with Gasteiger partial charge in [0, 0.05) is 13.1 Å². The van der Waals surface area contributed by atoms with E-state index in [-0.39, 0.29) is 12.5 Å². The number of thioether (sulfide) groups is 1. The maximum absolute atomic E-state index is 13.0. The second kappa shape index (κ2) is 10.9. The molecule has 0 bridgehead atoms. The number of halogens is 1. The van der Waals surface area contributed by atoms with E-state index in [1.54, 1.807) is 11.0 Å². The Morgan fingerprint density at radius 2 is 1.86 bits per heavy atom. The molecule has 0 aliphatic carbocycles. The van der Waals surface area contributed by atoms with E-state index in [1.165, 1.54) is 11.1 Å². The zero-order valence-corrected chi connectivity index (χ0v) is 22.7. The maximum atomic E-state index is 13.0. The number of hydrogen-bond acceptors (Lipinski definition) is 5. The average molecular weight is 578 g/mol. The van der Waals surface area contributed by atoms with Gasteiger partial charge in [-0.25, -0.2) is 0 Å². The van der Waals surface area contributed by atoms with Crippen LogP contribution in [0.2, 0.25) is 0 Å². The van der Waals surface area contributed by atoms with Crippen molar-refractivity contribution < 1.29 is 19.1 Å². The first-order valence-corrected chi connectivity index (χ1v) is 13.6. The van der Waals surface area contributed by atoms with E-state index in [1.807, 2.05) is 61.5 Å². The molecule has 0 unspecified atom stereocenters. The second-order valence-corrected chi connectivity index (χ2v) is 10.9. The van der Waals surface area contributed by atoms with Gasteiger partial charge in [-0.2, -0.15) is 0 Å². The first-order valence-electron chi connectivity index (χ1n) is 12.0. The van der Waals surface area contributed by atoms with Crippen LogP contribution in [0.5, 0.6) is 5.75 Å². The van der Waals surface area contributed by atoms with Crippen molar-refractivity contribution in [2.24, 2.45) is 0 Å². The summed E-state index contributed by atoms with van der Waals surface area (Å²) in [6.07, 6.45) is 2.44. The zero-order chi connectivity index (χ0) is 25.9. The first kappa shape index (κ1) is 25.3. The van der Waals surface area contributed by atoms with Crippen molar-refractivity contribution in [2.75, 3.05) is 13.1 Å². The summed E-state index contributed by atoms with van der Waals surface area (Å²) in [5.41, 5.74) is 5.34. The molecule has 5 rings (SSSR count). The van der Waals surface area contributed by atoms with Crippen LogP contribution in [0.1, 0.15) is 27.8 Å². The number of imide groups is 1. The molecule has 2 aliphatic heterocycles. The van der Waals surface area contributed by atoms with Crippen molar-refractivity contribution in [1.82, 2.24) is 9.80 Å². The Morgan fingerprint density at radius 3 is 2.65 bits per heavy atom. The van der Waals surface area contributed by atoms with Crippen LogP contribution in [-0.2, 0) is 29.2 Å². The number of carbonyl (C=O) groups is 3. The third-order valence-corrected chi connectivity index (χ3v) is 7.91. The minimum atomic E-state index is -0.448. The van der Waals surface area contributed by atoms with E-state index in [0.717, 1.165) is 44.2 Å². The molecule has 0 aromatic heterocycles. The van der Waals surface area contributed by atoms with Crippen LogP contribution < -0.4 is 4.74 Å². The summed E-state index contributed by atoms with van der Waals surface area (Å²) < 4.78 is 6.68. The second-order valence-electron chi connectivity index (χ2n) is 9.07. The van der Waals surface area contributed by atoms with Gasteiger partial charge in [0.25, 0.3) is 11.1 Å². The highest BCUT2D eigenvalue weighted by Crippen LogP contribution is 2.34. The van der Waals surface area contributed by atoms with Gasteiger partial charge in [-0.1, -0.05) is 60.2 Å². The van der Waals surface area contributed by atoms with E-state index in [0.29, 0.717) is 30.4 Å². The van der Waals surface area contributed by atoms with Crippen molar-refractivity contribution in [3.05, 3.63) is 104 Å². The van der Waals surface area contributed by atoms with E-state index >= 15 is 0 Å². The zero-order valence-electron chi connectivity index (χ0n) is 20.3. The monoisotopic (exact) mass is 576 g/mol. The molecule has 0 spiro atoms. The predicted octanol–water partition coefficient (Wildman–Crippen LogP) is 5.96. The van der Waals surface area contributed by atoms with Gasteiger partial charge in [0.15, 0.2) is 0 Å². The van der Waals surface area contributed by atoms with E-state index in [2.05, 4.69) is 28.1 Å². The number of nitrogens with zero attached hydrogens (tertiary/aromatic N) is 2. The highest BCUT2D eigenvalue weighted by Gasteiger charge is 2.37. The molecule has 1 fully saturated rings. The molecule has 37 heavy (non-hydrogen) atoms. The molecule has 1 saturated heterocycles. The Labute approximate surface area is 228 Å². The molecule has 2 heterocycles. The molecule has 6 nitrogen and oxygen atoms in total. The standard InChI is InChI=1S/C29H25BrN2O4S/c1-19-5-4-6-21(13-19)18-36-25-10-9-20(14-24(25)30)15-26-28(34)32(29(35)37-26)17-27(33)31-12-11-22-7-2-3-8-23(22)16-31/h2-10,13-15H,11-12,16-18H2,1H3/b26-15-. The average Bonchev–Trinajstić information content (AvgIpc) is 3.15. The van der Waals surface area contributed by atoms with Gasteiger partial charge >= 0.3 is 0 Å². The van der Waals surface area contributed by atoms with Gasteiger partial charge in [0.05, 0.1) is 9.38 Å². The van der Waals surface area contributed by atoms with Gasteiger partial charge in [-0.3, -0.25) is 19.3 Å². The van der Waals surface area contributed by atoms with Gasteiger partial charge in [0.2, 0.25) is 5.91 Å². The van der Waals surface area contributed by atoms with Crippen LogP contribution >= 0.6 is 27.7 Å². The van der Waals surface area contributed by atoms with E-state index < -0.39 is 11.1 Å². The van der Waals surface area contributed by atoms with Crippen LogP contribution in [0, 0.1) is 6.92 Å². The quantitative estimate of drug-likeness (QED) is 0.339. The summed E-state index contributed by atoms with van der Waals surface area (Å²) in [5.74, 6) is 0.00743. The van der Waals surface area contributed by atoms with Gasteiger partial charge in [0.1, 0.15) is 18.9 Å². The Bertz CT molecular complexity index is 1420. The Balaban J connectivity index is 1.22. The summed E-state index contributed by atoms with van der Waals surface area (Å²) >= 11 is 4.39. The van der Waals surface area contributed by atoms with Gasteiger partial charge in [-0.15, -0.1) is 0 Å². The number of benzene rings is 3. The molecule has 3 amide bonds. The summed E-state index contributed by atoms with van der Waals surface area (Å²) in [4.78, 5) is 41.5. The fourth-order valence-electron chi connectivity index (χ4n) is 4.42. The van der Waals surface area contributed by atoms with Gasteiger partial charge in [-0.05, 0) is 81.5 Å². The molecule has 0 saturated carbocycles. The van der Waals surface area contributed by atoms with Crippen molar-refractivity contribution in [3.8, 4) is 5.75 Å². The van der Waals surface area contributed by atoms with Crippen molar-refractivity contribution in [3.63, 3.8) is 0 Å². The smallest absolute Gasteiger partial charge is 0.294 e. The summed E-state index contributed by atoms with van der Waals surface area (Å²) in [7, 11) is 0. The Hall–Kier alpha value is -3.36. The molecule has 3 aromatic carbocycles. The van der Waals surface area contributed by atoms with Crippen molar-refractivity contribution in [1.29, 1.82) is 0 Å². The maximum Gasteiger partial charge on any atom is 0.294 e. The van der Waals surface area contributed by atoms with Crippen LogP contribution in [0.15, 0.2) is 76.1 Å². The van der Waals surface area contributed by atoms with Crippen LogP contribution in [0.4, 0.5) is 4.79 Å². The fourth-order valence-corrected chi connectivity index (χ4v) is 5.77. The van der Waals surface area contributed by atoms with Crippen LogP contribution in [-0.4, -0.2) is 39.9 Å². The summed E-state index contributed by atoms with van der Waals surface area (Å²) in [6.45, 7) is 3.30. The molecule has 0 radical (unpaired) electrons. The number of hydrogen-bond donors (Lipinski definition) is 0. The van der Waals surface area contributed by atoms with Crippen molar-refractivity contribution in [2.45, 2.75) is 26.5 Å². The molecular formula is C29H25BrN2O4S. The first-order chi connectivity index (χ1) is 17.9. The molecule has 0 atom stereocenters. The van der Waals surface area contributed by atoms with Crippen molar-refractivity contribution >= 4 is 50.8 Å². The molecule has 8 heteroatoms. The molecule has 188 valence electrons. The Kier molecular flexibility index (Phi) is 7.48. The summed E-state index contributed by atoms with van der Waals surface area (Å²) in [6, 6.07) is 21.7. The normalized spacial score (nSPS) is 16.3. The van der Waals surface area contributed by atoms with Crippen LogP contribution in [0.25, 0.3) is 6.08 Å². The predicted molar refractivity (Wildman–Crippen MR) is 148 cm³/mol.